The van der Waals surface area contributed by atoms with Gasteiger partial charge in [-0.15, -0.1) is 12.4 Å². The molecule has 1 atom stereocenters. The van der Waals surface area contributed by atoms with Gasteiger partial charge in [-0.1, -0.05) is 25.7 Å². The largest absolute Gasteiger partial charge is 0.490 e. The summed E-state index contributed by atoms with van der Waals surface area (Å²) in [5.74, 6) is 3.56. The summed E-state index contributed by atoms with van der Waals surface area (Å²) in [5, 5.41) is 0. The summed E-state index contributed by atoms with van der Waals surface area (Å²) in [6.45, 7) is 8.89. The second-order valence-electron chi connectivity index (χ2n) is 9.92. The first-order valence-electron chi connectivity index (χ1n) is 12.9. The minimum Gasteiger partial charge on any atom is -0.490 e. The Labute approximate surface area is 200 Å². The van der Waals surface area contributed by atoms with Crippen LogP contribution >= 0.6 is 12.4 Å². The smallest absolute Gasteiger partial charge is 0.166 e. The number of nitrogens with zero attached hydrogens (tertiary/aromatic N) is 1. The SMILES string of the molecule is CCOc1cc2c(cc1OCC)C(=O)C(CC1CCN(CC3CCCCCC3)CC1)C2.Cl. The molecule has 1 aliphatic heterocycles. The molecule has 1 heterocycles. The molecule has 4 nitrogen and oxygen atoms in total. The molecule has 0 spiro atoms. The molecule has 1 saturated heterocycles. The highest BCUT2D eigenvalue weighted by atomic mass is 35.5. The van der Waals surface area contributed by atoms with Crippen molar-refractivity contribution in [2.45, 2.75) is 78.1 Å². The highest BCUT2D eigenvalue weighted by molar-refractivity contribution is 6.02. The average molecular weight is 464 g/mol. The molecule has 5 heteroatoms. The van der Waals surface area contributed by atoms with E-state index in [1.807, 2.05) is 19.9 Å². The van der Waals surface area contributed by atoms with Crippen molar-refractivity contribution in [1.82, 2.24) is 4.90 Å². The topological polar surface area (TPSA) is 38.8 Å². The van der Waals surface area contributed by atoms with Gasteiger partial charge in [0.05, 0.1) is 13.2 Å². The van der Waals surface area contributed by atoms with E-state index in [1.165, 1.54) is 71.0 Å². The molecule has 0 amide bonds. The predicted molar refractivity (Wildman–Crippen MR) is 133 cm³/mol. The number of hydrogen-bond donors (Lipinski definition) is 0. The molecule has 4 rings (SSSR count). The fourth-order valence-corrected chi connectivity index (χ4v) is 6.02. The Hall–Kier alpha value is -1.26. The molecule has 2 aliphatic carbocycles. The molecular formula is C27H42ClNO3. The lowest BCUT2D eigenvalue weighted by molar-refractivity contribution is 0.0890. The molecule has 1 aromatic carbocycles. The van der Waals surface area contributed by atoms with Gasteiger partial charge in [-0.25, -0.2) is 0 Å². The second-order valence-corrected chi connectivity index (χ2v) is 9.92. The number of likely N-dealkylation sites (tertiary alicyclic amines) is 1. The van der Waals surface area contributed by atoms with E-state index in [1.54, 1.807) is 0 Å². The van der Waals surface area contributed by atoms with Crippen LogP contribution in [0.2, 0.25) is 0 Å². The second kappa shape index (κ2) is 12.3. The molecule has 0 radical (unpaired) electrons. The first-order chi connectivity index (χ1) is 15.2. The van der Waals surface area contributed by atoms with Crippen molar-refractivity contribution in [2.24, 2.45) is 17.8 Å². The van der Waals surface area contributed by atoms with E-state index in [0.29, 0.717) is 30.7 Å². The molecule has 1 aromatic rings. The Balaban J connectivity index is 0.00000289. The molecule has 0 aromatic heterocycles. The van der Waals surface area contributed by atoms with Crippen LogP contribution in [0.25, 0.3) is 0 Å². The number of ether oxygens (including phenoxy) is 2. The zero-order valence-electron chi connectivity index (χ0n) is 20.1. The zero-order valence-corrected chi connectivity index (χ0v) is 20.9. The number of fused-ring (bicyclic) bond motifs is 1. The monoisotopic (exact) mass is 463 g/mol. The summed E-state index contributed by atoms with van der Waals surface area (Å²) in [6, 6.07) is 3.98. The number of carbonyl (C=O) groups is 1. The fraction of sp³-hybridized carbons (Fsp3) is 0.741. The Morgan fingerprint density at radius 3 is 2.12 bits per heavy atom. The van der Waals surface area contributed by atoms with Crippen LogP contribution in [0.3, 0.4) is 0 Å². The summed E-state index contributed by atoms with van der Waals surface area (Å²) < 4.78 is 11.5. The van der Waals surface area contributed by atoms with Gasteiger partial charge < -0.3 is 14.4 Å². The molecule has 1 unspecified atom stereocenters. The maximum absolute atomic E-state index is 13.1. The van der Waals surface area contributed by atoms with Crippen LogP contribution in [-0.2, 0) is 6.42 Å². The molecule has 32 heavy (non-hydrogen) atoms. The molecule has 2 fully saturated rings. The third-order valence-corrected chi connectivity index (χ3v) is 7.69. The van der Waals surface area contributed by atoms with Crippen molar-refractivity contribution in [1.29, 1.82) is 0 Å². The Kier molecular flexibility index (Phi) is 9.73. The molecule has 180 valence electrons. The lowest BCUT2D eigenvalue weighted by atomic mass is 9.85. The van der Waals surface area contributed by atoms with Crippen LogP contribution in [0.1, 0.15) is 87.6 Å². The summed E-state index contributed by atoms with van der Waals surface area (Å²) >= 11 is 0. The van der Waals surface area contributed by atoms with E-state index in [-0.39, 0.29) is 18.3 Å². The minimum absolute atomic E-state index is 0. The number of ketones is 1. The minimum atomic E-state index is 0. The number of rotatable bonds is 8. The van der Waals surface area contributed by atoms with Crippen LogP contribution in [0.4, 0.5) is 0 Å². The van der Waals surface area contributed by atoms with Crippen LogP contribution in [0.5, 0.6) is 11.5 Å². The number of carbonyl (C=O) groups excluding carboxylic acids is 1. The van der Waals surface area contributed by atoms with E-state index in [0.717, 1.165) is 35.6 Å². The van der Waals surface area contributed by atoms with Gasteiger partial charge in [0.15, 0.2) is 17.3 Å². The van der Waals surface area contributed by atoms with Gasteiger partial charge in [0, 0.05) is 18.0 Å². The maximum Gasteiger partial charge on any atom is 0.166 e. The standard InChI is InChI=1S/C27H41NO3.ClH/c1-3-30-25-17-22-16-23(27(29)24(22)18-26(25)31-4-2)15-20-11-13-28(14-12-20)19-21-9-7-5-6-8-10-21;/h17-18,20-21,23H,3-16,19H2,1-2H3;1H. The van der Waals surface area contributed by atoms with Gasteiger partial charge in [0.25, 0.3) is 0 Å². The maximum atomic E-state index is 13.1. The quantitative estimate of drug-likeness (QED) is 0.422. The molecular weight excluding hydrogens is 422 g/mol. The molecule has 0 bridgehead atoms. The normalized spacial score (nSPS) is 22.8. The molecule has 3 aliphatic rings. The Morgan fingerprint density at radius 2 is 1.50 bits per heavy atom. The summed E-state index contributed by atoms with van der Waals surface area (Å²) in [4.78, 5) is 15.9. The molecule has 0 N–H and O–H groups in total. The fourth-order valence-electron chi connectivity index (χ4n) is 6.02. The van der Waals surface area contributed by atoms with Crippen LogP contribution in [-0.4, -0.2) is 43.5 Å². The third-order valence-electron chi connectivity index (χ3n) is 7.69. The lowest BCUT2D eigenvalue weighted by Gasteiger charge is -2.35. The van der Waals surface area contributed by atoms with Crippen molar-refractivity contribution >= 4 is 18.2 Å². The first-order valence-corrected chi connectivity index (χ1v) is 12.9. The van der Waals surface area contributed by atoms with Gasteiger partial charge in [-0.3, -0.25) is 4.79 Å². The Bertz CT molecular complexity index is 737. The summed E-state index contributed by atoms with van der Waals surface area (Å²) in [5.41, 5.74) is 2.01. The van der Waals surface area contributed by atoms with Crippen molar-refractivity contribution in [3.8, 4) is 11.5 Å². The van der Waals surface area contributed by atoms with Gasteiger partial charge >= 0.3 is 0 Å². The number of halogens is 1. The van der Waals surface area contributed by atoms with Crippen molar-refractivity contribution in [2.75, 3.05) is 32.8 Å². The van der Waals surface area contributed by atoms with E-state index in [2.05, 4.69) is 11.0 Å². The van der Waals surface area contributed by atoms with Crippen molar-refractivity contribution < 1.29 is 14.3 Å². The predicted octanol–water partition coefficient (Wildman–Crippen LogP) is 6.33. The number of Topliss-reactive ketones (excluding diaryl/α,β-unsaturated/α-hetero) is 1. The van der Waals surface area contributed by atoms with Crippen LogP contribution < -0.4 is 9.47 Å². The lowest BCUT2D eigenvalue weighted by Crippen LogP contribution is -2.37. The van der Waals surface area contributed by atoms with Gasteiger partial charge in [-0.2, -0.15) is 0 Å². The third kappa shape index (κ3) is 6.20. The highest BCUT2D eigenvalue weighted by Crippen LogP contribution is 2.40. The van der Waals surface area contributed by atoms with E-state index < -0.39 is 0 Å². The van der Waals surface area contributed by atoms with E-state index in [4.69, 9.17) is 9.47 Å². The highest BCUT2D eigenvalue weighted by Gasteiger charge is 2.34. The van der Waals surface area contributed by atoms with Gasteiger partial charge in [0.1, 0.15) is 0 Å². The van der Waals surface area contributed by atoms with Crippen LogP contribution in [0, 0.1) is 17.8 Å². The van der Waals surface area contributed by atoms with Crippen LogP contribution in [0.15, 0.2) is 12.1 Å². The summed E-state index contributed by atoms with van der Waals surface area (Å²) in [7, 11) is 0. The summed E-state index contributed by atoms with van der Waals surface area (Å²) in [6.07, 6.45) is 13.0. The molecule has 1 saturated carbocycles. The van der Waals surface area contributed by atoms with Gasteiger partial charge in [0.2, 0.25) is 0 Å². The first kappa shape index (κ1) is 25.4. The number of hydrogen-bond acceptors (Lipinski definition) is 4. The van der Waals surface area contributed by atoms with Crippen molar-refractivity contribution in [3.05, 3.63) is 23.3 Å². The van der Waals surface area contributed by atoms with Gasteiger partial charge in [-0.05, 0) is 95.0 Å². The van der Waals surface area contributed by atoms with E-state index >= 15 is 0 Å². The van der Waals surface area contributed by atoms with E-state index in [9.17, 15) is 4.79 Å². The average Bonchev–Trinajstić information content (AvgIpc) is 2.93. The number of benzene rings is 1. The van der Waals surface area contributed by atoms with Crippen molar-refractivity contribution in [3.63, 3.8) is 0 Å². The zero-order chi connectivity index (χ0) is 21.6. The number of piperidine rings is 1. The Morgan fingerprint density at radius 1 is 0.875 bits per heavy atom.